The van der Waals surface area contributed by atoms with Gasteiger partial charge < -0.3 is 44.4 Å². The van der Waals surface area contributed by atoms with Crippen molar-refractivity contribution in [1.82, 2.24) is 10.2 Å². The third-order valence-corrected chi connectivity index (χ3v) is 9.07. The van der Waals surface area contributed by atoms with Crippen molar-refractivity contribution in [1.29, 1.82) is 0 Å². The number of hydrogen-bond acceptors (Lipinski definition) is 11. The van der Waals surface area contributed by atoms with Crippen molar-refractivity contribution < 1.29 is 65.8 Å². The highest BCUT2D eigenvalue weighted by Crippen LogP contribution is 2.66. The summed E-state index contributed by atoms with van der Waals surface area (Å²) in [5, 5.41) is 12.9. The smallest absolute Gasteiger partial charge is 0.390 e. The second-order valence-electron chi connectivity index (χ2n) is 8.20. The first-order valence-corrected chi connectivity index (χ1v) is 15.3. The van der Waals surface area contributed by atoms with Gasteiger partial charge in [-0.15, -0.1) is 0 Å². The third kappa shape index (κ3) is 8.90. The van der Waals surface area contributed by atoms with E-state index in [-0.39, 0.29) is 31.0 Å². The monoisotopic (exact) mass is 600 g/mol. The molecule has 0 bridgehead atoms. The number of aryl methyl sites for hydroxylation is 1. The molecule has 1 fully saturated rings. The van der Waals surface area contributed by atoms with Gasteiger partial charge in [0.05, 0.1) is 31.5 Å². The molecule has 1 amide bonds. The molecular weight excluding hydrogens is 573 g/mol. The topological polar surface area (TPSA) is 231 Å². The second kappa shape index (κ2) is 12.2. The predicted molar refractivity (Wildman–Crippen MR) is 127 cm³/mol. The van der Waals surface area contributed by atoms with Crippen LogP contribution in [0.2, 0.25) is 0 Å². The first-order valence-electron chi connectivity index (χ1n) is 10.8. The minimum absolute atomic E-state index is 0.0469. The van der Waals surface area contributed by atoms with E-state index in [1.165, 1.54) is 11.1 Å². The standard InChI is InChI=1S/C19H27N2O14P3/c1-12-5-3-4-6-14(12)9-31-10-15-8-21(13(2)20-19(15)23)18-7-16(22)17(33-18)11-32-37(27,28)35-38(29,30)34-36(24,25)26/h3-6,8,16-18,22H,2,7,9-11H2,1H3,(H,20,23)(H,27,28)(H,29,30)(H2,24,25,26)/t16?,17-,18-/m1/s1. The maximum absolute atomic E-state index is 12.4. The van der Waals surface area contributed by atoms with Crippen molar-refractivity contribution in [2.75, 3.05) is 13.2 Å². The Bertz CT molecular complexity index is 1230. The van der Waals surface area contributed by atoms with E-state index in [4.69, 9.17) is 19.3 Å². The molecule has 0 aromatic heterocycles. The van der Waals surface area contributed by atoms with E-state index < -0.39 is 54.4 Å². The molecule has 0 spiro atoms. The Labute approximate surface area is 216 Å². The Morgan fingerprint density at radius 1 is 1.11 bits per heavy atom. The molecule has 0 radical (unpaired) electrons. The van der Waals surface area contributed by atoms with E-state index in [1.54, 1.807) is 0 Å². The van der Waals surface area contributed by atoms with Gasteiger partial charge in [0.25, 0.3) is 5.91 Å². The Kier molecular flexibility index (Phi) is 9.88. The van der Waals surface area contributed by atoms with Gasteiger partial charge in [-0.1, -0.05) is 30.8 Å². The number of ether oxygens (including phenoxy) is 2. The van der Waals surface area contributed by atoms with Crippen molar-refractivity contribution in [2.24, 2.45) is 0 Å². The molecule has 1 saturated heterocycles. The van der Waals surface area contributed by atoms with Gasteiger partial charge in [0.1, 0.15) is 18.2 Å². The summed E-state index contributed by atoms with van der Waals surface area (Å²) in [6.07, 6.45) is -2.04. The number of carbonyl (C=O) groups is 1. The number of benzene rings is 1. The lowest BCUT2D eigenvalue weighted by atomic mass is 10.1. The lowest BCUT2D eigenvalue weighted by molar-refractivity contribution is -0.119. The number of rotatable bonds is 12. The minimum atomic E-state index is -5.68. The van der Waals surface area contributed by atoms with E-state index in [0.717, 1.165) is 11.1 Å². The number of amides is 1. The zero-order valence-electron chi connectivity index (χ0n) is 19.9. The highest BCUT2D eigenvalue weighted by Gasteiger charge is 2.43. The molecule has 2 heterocycles. The molecule has 2 aliphatic rings. The number of aliphatic hydroxyl groups is 1. The number of hydrogen-bond donors (Lipinski definition) is 6. The van der Waals surface area contributed by atoms with Crippen LogP contribution in [-0.2, 0) is 47.7 Å². The highest BCUT2D eigenvalue weighted by molar-refractivity contribution is 7.66. The van der Waals surface area contributed by atoms with E-state index in [2.05, 4.69) is 25.0 Å². The highest BCUT2D eigenvalue weighted by atomic mass is 31.3. The van der Waals surface area contributed by atoms with Gasteiger partial charge in [-0.05, 0) is 18.1 Å². The lowest BCUT2D eigenvalue weighted by Gasteiger charge is -2.33. The van der Waals surface area contributed by atoms with Gasteiger partial charge in [0.15, 0.2) is 0 Å². The molecule has 2 aliphatic heterocycles. The summed E-state index contributed by atoms with van der Waals surface area (Å²) in [6.45, 7) is 5.06. The van der Waals surface area contributed by atoms with Crippen LogP contribution in [0, 0.1) is 6.92 Å². The molecule has 5 atom stereocenters. The Morgan fingerprint density at radius 2 is 1.79 bits per heavy atom. The number of nitrogens with zero attached hydrogens (tertiary/aromatic N) is 1. The van der Waals surface area contributed by atoms with E-state index in [0.29, 0.717) is 0 Å². The molecule has 6 N–H and O–H groups in total. The quantitative estimate of drug-likeness (QED) is 0.185. The molecule has 1 aromatic carbocycles. The van der Waals surface area contributed by atoms with Gasteiger partial charge in [0.2, 0.25) is 0 Å². The van der Waals surface area contributed by atoms with Crippen molar-refractivity contribution in [2.45, 2.75) is 38.4 Å². The largest absolute Gasteiger partial charge is 0.490 e. The number of nitrogens with one attached hydrogen (secondary N) is 1. The maximum Gasteiger partial charge on any atom is 0.490 e. The summed E-state index contributed by atoms with van der Waals surface area (Å²) in [4.78, 5) is 49.8. The minimum Gasteiger partial charge on any atom is -0.390 e. The van der Waals surface area contributed by atoms with Gasteiger partial charge >= 0.3 is 23.5 Å². The zero-order valence-corrected chi connectivity index (χ0v) is 22.5. The van der Waals surface area contributed by atoms with Crippen molar-refractivity contribution in [3.63, 3.8) is 0 Å². The lowest BCUT2D eigenvalue weighted by Crippen LogP contribution is -2.43. The van der Waals surface area contributed by atoms with Crippen LogP contribution < -0.4 is 5.32 Å². The summed E-state index contributed by atoms with van der Waals surface area (Å²) in [6, 6.07) is 7.59. The molecule has 38 heavy (non-hydrogen) atoms. The second-order valence-corrected chi connectivity index (χ2v) is 12.6. The van der Waals surface area contributed by atoms with Crippen LogP contribution in [0.15, 0.2) is 48.4 Å². The van der Waals surface area contributed by atoms with Crippen molar-refractivity contribution in [3.8, 4) is 0 Å². The fourth-order valence-electron chi connectivity index (χ4n) is 3.49. The normalized spacial score (nSPS) is 25.5. The third-order valence-electron chi connectivity index (χ3n) is 5.26. The molecule has 212 valence electrons. The zero-order chi connectivity index (χ0) is 28.3. The number of phosphoric acid groups is 3. The fraction of sp³-hybridized carbons (Fsp3) is 0.421. The van der Waals surface area contributed by atoms with Gasteiger partial charge in [0, 0.05) is 12.6 Å². The van der Waals surface area contributed by atoms with Crippen LogP contribution in [-0.4, -0.2) is 67.1 Å². The number of aliphatic hydroxyl groups excluding tert-OH is 1. The summed E-state index contributed by atoms with van der Waals surface area (Å²) < 4.78 is 57.2. The summed E-state index contributed by atoms with van der Waals surface area (Å²) in [7, 11) is -16.6. The van der Waals surface area contributed by atoms with Crippen LogP contribution >= 0.6 is 23.5 Å². The van der Waals surface area contributed by atoms with Crippen LogP contribution in [0.3, 0.4) is 0 Å². The van der Waals surface area contributed by atoms with E-state index >= 15 is 0 Å². The Hall–Kier alpha value is -1.74. The molecular formula is C19H27N2O14P3. The average molecular weight is 600 g/mol. The number of carbonyl (C=O) groups excluding carboxylic acids is 1. The van der Waals surface area contributed by atoms with Crippen LogP contribution in [0.1, 0.15) is 17.5 Å². The van der Waals surface area contributed by atoms with Gasteiger partial charge in [-0.3, -0.25) is 9.32 Å². The maximum atomic E-state index is 12.4. The summed E-state index contributed by atoms with van der Waals surface area (Å²) >= 11 is 0. The molecule has 1 aromatic rings. The summed E-state index contributed by atoms with van der Waals surface area (Å²) in [5.41, 5.74) is 2.22. The Balaban J connectivity index is 1.59. The molecule has 0 aliphatic carbocycles. The van der Waals surface area contributed by atoms with E-state index in [9.17, 15) is 33.4 Å². The predicted octanol–water partition coefficient (Wildman–Crippen LogP) is 1.12. The van der Waals surface area contributed by atoms with E-state index in [1.807, 2.05) is 31.2 Å². The molecule has 0 saturated carbocycles. The SMILES string of the molecule is C=C1NC(=O)C(COCc2ccccc2C)=CN1[C@H]1CC(O)[C@@H](COP(=O)(O)OP(=O)(O)OP(=O)(O)O)O1. The molecule has 16 nitrogen and oxygen atoms in total. The fourth-order valence-corrected chi connectivity index (χ4v) is 6.52. The van der Waals surface area contributed by atoms with Crippen LogP contribution in [0.4, 0.5) is 0 Å². The van der Waals surface area contributed by atoms with Crippen molar-refractivity contribution >= 4 is 29.4 Å². The summed E-state index contributed by atoms with van der Waals surface area (Å²) in [5.74, 6) is -0.317. The Morgan fingerprint density at radius 3 is 2.45 bits per heavy atom. The van der Waals surface area contributed by atoms with Gasteiger partial charge in [-0.25, -0.2) is 13.7 Å². The first kappa shape index (κ1) is 30.8. The van der Waals surface area contributed by atoms with Gasteiger partial charge in [-0.2, -0.15) is 8.62 Å². The van der Waals surface area contributed by atoms with Crippen LogP contribution in [0.5, 0.6) is 0 Å². The van der Waals surface area contributed by atoms with Crippen LogP contribution in [0.25, 0.3) is 0 Å². The number of phosphoric ester groups is 1. The average Bonchev–Trinajstić information content (AvgIpc) is 3.13. The first-order chi connectivity index (χ1) is 17.6. The molecule has 3 unspecified atom stereocenters. The molecule has 3 rings (SSSR count). The van der Waals surface area contributed by atoms with Crippen molar-refractivity contribution in [3.05, 3.63) is 59.6 Å². The molecule has 19 heteroatoms.